The number of carbonyl (C=O) groups is 1. The van der Waals surface area contributed by atoms with Crippen LogP contribution in [-0.4, -0.2) is 44.8 Å². The molecule has 1 atom stereocenters. The number of amides is 1. The maximum atomic E-state index is 11.3. The molecule has 2 aromatic rings. The van der Waals surface area contributed by atoms with Gasteiger partial charge in [0.25, 0.3) is 0 Å². The number of hydrogen-bond acceptors (Lipinski definition) is 5. The standard InChI is InChI=1S/C14H20N6O/c1-3-11-7-13(14-17-15-9-20(14)18-11)19-6-4-5-12(8-19)16-10(2)21/h7,9,12H,3-6,8H2,1-2H3,(H,16,21). The molecular formula is C14H20N6O. The van der Waals surface area contributed by atoms with E-state index in [-0.39, 0.29) is 11.9 Å². The fourth-order valence-electron chi connectivity index (χ4n) is 2.87. The van der Waals surface area contributed by atoms with E-state index in [4.69, 9.17) is 0 Å². The van der Waals surface area contributed by atoms with Crippen LogP contribution < -0.4 is 10.2 Å². The predicted octanol–water partition coefficient (Wildman–Crippen LogP) is 0.792. The van der Waals surface area contributed by atoms with Crippen molar-refractivity contribution in [3.05, 3.63) is 18.1 Å². The highest BCUT2D eigenvalue weighted by atomic mass is 16.1. The van der Waals surface area contributed by atoms with E-state index in [0.29, 0.717) is 0 Å². The van der Waals surface area contributed by atoms with Crippen molar-refractivity contribution in [2.75, 3.05) is 18.0 Å². The van der Waals surface area contributed by atoms with Gasteiger partial charge in [-0.3, -0.25) is 4.79 Å². The molecule has 0 bridgehead atoms. The lowest BCUT2D eigenvalue weighted by Crippen LogP contribution is -2.47. The van der Waals surface area contributed by atoms with Gasteiger partial charge in [-0.05, 0) is 25.3 Å². The Hall–Kier alpha value is -2.18. The number of rotatable bonds is 3. The topological polar surface area (TPSA) is 75.4 Å². The summed E-state index contributed by atoms with van der Waals surface area (Å²) in [5.74, 6) is 0.0263. The van der Waals surface area contributed by atoms with Crippen LogP contribution in [0.2, 0.25) is 0 Å². The molecular weight excluding hydrogens is 268 g/mol. The third-order valence-corrected chi connectivity index (χ3v) is 3.83. The van der Waals surface area contributed by atoms with Gasteiger partial charge in [-0.15, -0.1) is 10.2 Å². The zero-order valence-corrected chi connectivity index (χ0v) is 12.4. The normalized spacial score (nSPS) is 19.0. The molecule has 0 spiro atoms. The van der Waals surface area contributed by atoms with Gasteiger partial charge in [0, 0.05) is 26.1 Å². The molecule has 0 aromatic carbocycles. The Bertz CT molecular complexity index is 652. The molecule has 1 saturated heterocycles. The molecule has 0 radical (unpaired) electrons. The minimum absolute atomic E-state index is 0.0263. The van der Waals surface area contributed by atoms with Crippen LogP contribution in [0.3, 0.4) is 0 Å². The zero-order valence-electron chi connectivity index (χ0n) is 12.4. The molecule has 112 valence electrons. The quantitative estimate of drug-likeness (QED) is 0.904. The van der Waals surface area contributed by atoms with Gasteiger partial charge >= 0.3 is 0 Å². The molecule has 1 aliphatic rings. The van der Waals surface area contributed by atoms with Gasteiger partial charge in [0.2, 0.25) is 11.6 Å². The number of nitrogens with one attached hydrogen (secondary N) is 1. The first-order valence-corrected chi connectivity index (χ1v) is 7.39. The maximum Gasteiger partial charge on any atom is 0.217 e. The minimum Gasteiger partial charge on any atom is -0.366 e. The van der Waals surface area contributed by atoms with Crippen LogP contribution in [0.1, 0.15) is 32.4 Å². The number of piperidine rings is 1. The Morgan fingerprint density at radius 1 is 1.52 bits per heavy atom. The summed E-state index contributed by atoms with van der Waals surface area (Å²) in [6.45, 7) is 5.41. The average Bonchev–Trinajstić information content (AvgIpc) is 2.94. The Balaban J connectivity index is 1.91. The molecule has 3 rings (SSSR count). The highest BCUT2D eigenvalue weighted by Crippen LogP contribution is 2.24. The van der Waals surface area contributed by atoms with Crippen molar-refractivity contribution in [1.82, 2.24) is 25.1 Å². The van der Waals surface area contributed by atoms with Crippen molar-refractivity contribution in [2.24, 2.45) is 0 Å². The monoisotopic (exact) mass is 288 g/mol. The van der Waals surface area contributed by atoms with E-state index in [0.717, 1.165) is 49.4 Å². The molecule has 7 nitrogen and oxygen atoms in total. The summed E-state index contributed by atoms with van der Waals surface area (Å²) in [7, 11) is 0. The lowest BCUT2D eigenvalue weighted by Gasteiger charge is -2.34. The molecule has 7 heteroatoms. The summed E-state index contributed by atoms with van der Waals surface area (Å²) in [4.78, 5) is 13.5. The van der Waals surface area contributed by atoms with E-state index < -0.39 is 0 Å². The first-order chi connectivity index (χ1) is 10.2. The van der Waals surface area contributed by atoms with Crippen LogP contribution in [0.25, 0.3) is 5.65 Å². The van der Waals surface area contributed by atoms with Gasteiger partial charge in [-0.1, -0.05) is 6.92 Å². The highest BCUT2D eigenvalue weighted by molar-refractivity contribution is 5.73. The fraction of sp³-hybridized carbons (Fsp3) is 0.571. The van der Waals surface area contributed by atoms with Gasteiger partial charge in [0.05, 0.1) is 11.4 Å². The highest BCUT2D eigenvalue weighted by Gasteiger charge is 2.23. The SMILES string of the molecule is CCc1cc(N2CCCC(NC(C)=O)C2)c2nncn2n1. The molecule has 3 heterocycles. The molecule has 0 saturated carbocycles. The summed E-state index contributed by atoms with van der Waals surface area (Å²) >= 11 is 0. The molecule has 2 aromatic heterocycles. The van der Waals surface area contributed by atoms with E-state index >= 15 is 0 Å². The summed E-state index contributed by atoms with van der Waals surface area (Å²) in [6, 6.07) is 2.28. The molecule has 21 heavy (non-hydrogen) atoms. The van der Waals surface area contributed by atoms with Gasteiger partial charge in [-0.25, -0.2) is 0 Å². The zero-order chi connectivity index (χ0) is 14.8. The first-order valence-electron chi connectivity index (χ1n) is 7.39. The van der Waals surface area contributed by atoms with E-state index in [2.05, 4.69) is 38.5 Å². The Kier molecular flexibility index (Phi) is 3.72. The third kappa shape index (κ3) is 2.81. The van der Waals surface area contributed by atoms with Gasteiger partial charge < -0.3 is 10.2 Å². The molecule has 1 unspecified atom stereocenters. The largest absolute Gasteiger partial charge is 0.366 e. The van der Waals surface area contributed by atoms with Gasteiger partial charge in [-0.2, -0.15) is 9.61 Å². The summed E-state index contributed by atoms with van der Waals surface area (Å²) < 4.78 is 1.73. The van der Waals surface area contributed by atoms with Crippen molar-refractivity contribution in [3.63, 3.8) is 0 Å². The number of carbonyl (C=O) groups excluding carboxylic acids is 1. The van der Waals surface area contributed by atoms with Crippen LogP contribution >= 0.6 is 0 Å². The molecule has 1 amide bonds. The van der Waals surface area contributed by atoms with Crippen LogP contribution in [0.5, 0.6) is 0 Å². The van der Waals surface area contributed by atoms with E-state index in [1.54, 1.807) is 17.8 Å². The fourth-order valence-corrected chi connectivity index (χ4v) is 2.87. The molecule has 1 fully saturated rings. The Morgan fingerprint density at radius 2 is 2.38 bits per heavy atom. The average molecular weight is 288 g/mol. The minimum atomic E-state index is 0.0263. The number of fused-ring (bicyclic) bond motifs is 1. The van der Waals surface area contributed by atoms with E-state index in [9.17, 15) is 4.79 Å². The van der Waals surface area contributed by atoms with Gasteiger partial charge in [0.15, 0.2) is 0 Å². The molecule has 1 aliphatic heterocycles. The second-order valence-electron chi connectivity index (χ2n) is 5.46. The van der Waals surface area contributed by atoms with E-state index in [1.807, 2.05) is 0 Å². The maximum absolute atomic E-state index is 11.3. The number of aryl methyl sites for hydroxylation is 1. The second kappa shape index (κ2) is 5.67. The number of hydrogen-bond donors (Lipinski definition) is 1. The van der Waals surface area contributed by atoms with Crippen LogP contribution in [0.15, 0.2) is 12.4 Å². The van der Waals surface area contributed by atoms with Crippen LogP contribution in [0.4, 0.5) is 5.69 Å². The van der Waals surface area contributed by atoms with Crippen LogP contribution in [0, 0.1) is 0 Å². The van der Waals surface area contributed by atoms with Gasteiger partial charge in [0.1, 0.15) is 6.33 Å². The first kappa shape index (κ1) is 13.8. The second-order valence-corrected chi connectivity index (χ2v) is 5.46. The van der Waals surface area contributed by atoms with Crippen molar-refractivity contribution in [3.8, 4) is 0 Å². The predicted molar refractivity (Wildman–Crippen MR) is 79.2 cm³/mol. The van der Waals surface area contributed by atoms with Crippen LogP contribution in [-0.2, 0) is 11.2 Å². The Labute approximate surface area is 123 Å². The summed E-state index contributed by atoms with van der Waals surface area (Å²) in [5, 5.41) is 15.6. The summed E-state index contributed by atoms with van der Waals surface area (Å²) in [6.07, 6.45) is 4.57. The van der Waals surface area contributed by atoms with Crippen molar-refractivity contribution in [1.29, 1.82) is 0 Å². The summed E-state index contributed by atoms with van der Waals surface area (Å²) in [5.41, 5.74) is 2.84. The Morgan fingerprint density at radius 3 is 3.14 bits per heavy atom. The van der Waals surface area contributed by atoms with Crippen molar-refractivity contribution >= 4 is 17.2 Å². The number of aromatic nitrogens is 4. The van der Waals surface area contributed by atoms with Crippen molar-refractivity contribution in [2.45, 2.75) is 39.2 Å². The van der Waals surface area contributed by atoms with E-state index in [1.165, 1.54) is 0 Å². The smallest absolute Gasteiger partial charge is 0.217 e. The molecule has 1 N–H and O–H groups in total. The number of nitrogens with zero attached hydrogens (tertiary/aromatic N) is 5. The lowest BCUT2D eigenvalue weighted by atomic mass is 10.0. The van der Waals surface area contributed by atoms with Crippen molar-refractivity contribution < 1.29 is 4.79 Å². The lowest BCUT2D eigenvalue weighted by molar-refractivity contribution is -0.119. The number of anilines is 1. The molecule has 0 aliphatic carbocycles. The third-order valence-electron chi connectivity index (χ3n) is 3.83.